The number of rotatable bonds is 5. The normalized spacial score (nSPS) is 10.2. The third kappa shape index (κ3) is 27.2. The minimum absolute atomic E-state index is 0.325. The van der Waals surface area contributed by atoms with Gasteiger partial charge in [-0.2, -0.15) is 0 Å². The monoisotopic (exact) mass is 696 g/mol. The number of hydrogen-bond acceptors (Lipinski definition) is 8. The van der Waals surface area contributed by atoms with E-state index in [1.54, 1.807) is 27.9 Å². The van der Waals surface area contributed by atoms with Crippen molar-refractivity contribution in [2.75, 3.05) is 14.2 Å². The molecule has 1 aromatic rings. The van der Waals surface area contributed by atoms with E-state index >= 15 is 0 Å². The number of carboxylic acid groups (broad SMARTS) is 3. The average Bonchev–Trinajstić information content (AvgIpc) is 2.64. The van der Waals surface area contributed by atoms with Crippen LogP contribution in [0.1, 0.15) is 47.1 Å². The first kappa shape index (κ1) is 36.7. The number of amides is 1. The predicted molar refractivity (Wildman–Crippen MR) is 127 cm³/mol. The first-order chi connectivity index (χ1) is 15.9. The van der Waals surface area contributed by atoms with Crippen LogP contribution in [0, 0.1) is 0 Å². The maximum absolute atomic E-state index is 11.9. The molecule has 1 rings (SSSR count). The Hall–Kier alpha value is -2.91. The summed E-state index contributed by atoms with van der Waals surface area (Å²) in [6.45, 7) is 8.53. The molecule has 0 aromatic heterocycles. The van der Waals surface area contributed by atoms with Crippen molar-refractivity contribution in [1.29, 1.82) is 0 Å². The Morgan fingerprint density at radius 1 is 0.943 bits per heavy atom. The number of aliphatic carboxylic acids is 3. The average molecular weight is 696 g/mol. The van der Waals surface area contributed by atoms with Crippen molar-refractivity contribution in [2.24, 2.45) is 0 Å². The molecule has 1 aromatic carbocycles. The molecule has 197 valence electrons. The van der Waals surface area contributed by atoms with Gasteiger partial charge in [0.05, 0.1) is 0 Å². The van der Waals surface area contributed by atoms with Crippen LogP contribution in [-0.4, -0.2) is 96.9 Å². The molecule has 3 radical (unpaired) electrons. The summed E-state index contributed by atoms with van der Waals surface area (Å²) in [6, 6.07) is 4.90. The van der Waals surface area contributed by atoms with Gasteiger partial charge in [-0.05, 0) is 0 Å². The summed E-state index contributed by atoms with van der Waals surface area (Å²) in [6.07, 6.45) is -0.321. The van der Waals surface area contributed by atoms with E-state index in [4.69, 9.17) is 43.9 Å². The predicted octanol–water partition coefficient (Wildman–Crippen LogP) is 1.37. The van der Waals surface area contributed by atoms with E-state index in [1.807, 2.05) is 18.2 Å². The molecule has 13 heteroatoms. The standard InChI is InChI=1S/C16H22NO5.3C2H4O2.Pb/c1-16(2,3)22-15(19)17-13(14(18)21-5)10-11-6-8-12(20-4)9-7-11;3*1-2(3)4;/h6-8,13H,10H2,1-5H3,(H,17,19);3*1H3,(H,3,4);/t13-;;;;/m0..../s1. The summed E-state index contributed by atoms with van der Waals surface area (Å²) in [4.78, 5) is 50.8. The van der Waals surface area contributed by atoms with E-state index in [0.29, 0.717) is 6.42 Å². The molecular weight excluding hydrogens is 661 g/mol. The fourth-order valence-electron chi connectivity index (χ4n) is 1.90. The Kier molecular flexibility index (Phi) is 20.3. The topological polar surface area (TPSA) is 186 Å². The third-order valence-corrected chi connectivity index (χ3v) is 4.40. The van der Waals surface area contributed by atoms with Gasteiger partial charge in [-0.25, -0.2) is 0 Å². The summed E-state index contributed by atoms with van der Waals surface area (Å²) in [5.74, 6) is -2.18. The van der Waals surface area contributed by atoms with Crippen molar-refractivity contribution in [3.63, 3.8) is 0 Å². The number of ether oxygens (including phenoxy) is 3. The van der Waals surface area contributed by atoms with Crippen molar-refractivity contribution in [1.82, 2.24) is 5.32 Å². The van der Waals surface area contributed by atoms with E-state index in [9.17, 15) is 9.59 Å². The van der Waals surface area contributed by atoms with Crippen LogP contribution in [0.4, 0.5) is 4.79 Å². The van der Waals surface area contributed by atoms with Gasteiger partial charge in [-0.15, -0.1) is 0 Å². The number of esters is 1. The van der Waals surface area contributed by atoms with Crippen molar-refractivity contribution in [3.05, 3.63) is 23.8 Å². The first-order valence-corrected chi connectivity index (χ1v) is 11.8. The Morgan fingerprint density at radius 3 is 1.69 bits per heavy atom. The molecule has 0 saturated heterocycles. The first-order valence-electron chi connectivity index (χ1n) is 9.90. The molecule has 0 aliphatic heterocycles. The van der Waals surface area contributed by atoms with Gasteiger partial charge in [0.15, 0.2) is 0 Å². The Morgan fingerprint density at radius 2 is 1.37 bits per heavy atom. The number of benzene rings is 1. The summed E-state index contributed by atoms with van der Waals surface area (Å²) >= 11 is 0.821. The van der Waals surface area contributed by atoms with Gasteiger partial charge in [-0.1, -0.05) is 0 Å². The zero-order chi connectivity index (χ0) is 28.4. The molecule has 0 fully saturated rings. The molecule has 0 saturated carbocycles. The van der Waals surface area contributed by atoms with Crippen LogP contribution in [0.5, 0.6) is 5.75 Å². The van der Waals surface area contributed by atoms with Crippen molar-refractivity contribution >= 4 is 58.9 Å². The van der Waals surface area contributed by atoms with Crippen molar-refractivity contribution < 1.29 is 53.5 Å². The number of hydrogen-bond donors (Lipinski definition) is 4. The van der Waals surface area contributed by atoms with E-state index in [1.165, 1.54) is 7.11 Å². The number of carbonyl (C=O) groups excluding carboxylic acids is 2. The second kappa shape index (κ2) is 19.4. The molecule has 4 N–H and O–H groups in total. The van der Waals surface area contributed by atoms with Crippen LogP contribution in [-0.2, 0) is 35.1 Å². The van der Waals surface area contributed by atoms with Crippen LogP contribution in [0.3, 0.4) is 0 Å². The molecule has 0 spiro atoms. The fourth-order valence-corrected chi connectivity index (χ4v) is 3.34. The fraction of sp³-hybridized carbons (Fsp3) is 0.500. The molecule has 0 bridgehead atoms. The summed E-state index contributed by atoms with van der Waals surface area (Å²) in [5.41, 5.74) is 0.287. The number of carboxylic acids is 3. The summed E-state index contributed by atoms with van der Waals surface area (Å²) in [7, 11) is 2.91. The molecule has 35 heavy (non-hydrogen) atoms. The number of methoxy groups -OCH3 is 2. The summed E-state index contributed by atoms with van der Waals surface area (Å²) < 4.78 is 16.3. The second-order valence-corrected chi connectivity index (χ2v) is 9.61. The van der Waals surface area contributed by atoms with Gasteiger partial charge in [-0.3, -0.25) is 14.4 Å². The molecule has 0 unspecified atom stereocenters. The Labute approximate surface area is 220 Å². The number of carbonyl (C=O) groups is 5. The van der Waals surface area contributed by atoms with Gasteiger partial charge in [0.1, 0.15) is 0 Å². The van der Waals surface area contributed by atoms with Gasteiger partial charge < -0.3 is 15.3 Å². The summed E-state index contributed by atoms with van der Waals surface area (Å²) in [5, 5.41) is 24.8. The quantitative estimate of drug-likeness (QED) is 0.258. The zero-order valence-corrected chi connectivity index (χ0v) is 25.0. The minimum atomic E-state index is -0.833. The van der Waals surface area contributed by atoms with Gasteiger partial charge in [0, 0.05) is 20.8 Å². The molecular formula is C22H34NO11Pb. The van der Waals surface area contributed by atoms with Crippen LogP contribution < -0.4 is 13.2 Å². The van der Waals surface area contributed by atoms with Gasteiger partial charge in [0.2, 0.25) is 0 Å². The van der Waals surface area contributed by atoms with Crippen LogP contribution in [0.25, 0.3) is 0 Å². The Bertz CT molecular complexity index is 795. The van der Waals surface area contributed by atoms with E-state index in [2.05, 4.69) is 5.32 Å². The number of alkyl carbamates (subject to hydrolysis) is 1. The van der Waals surface area contributed by atoms with E-state index in [-0.39, 0.29) is 0 Å². The van der Waals surface area contributed by atoms with Gasteiger partial charge >= 0.3 is 153 Å². The van der Waals surface area contributed by atoms with Crippen molar-refractivity contribution in [2.45, 2.75) is 59.6 Å². The van der Waals surface area contributed by atoms with Gasteiger partial charge in [0.25, 0.3) is 17.9 Å². The molecule has 0 heterocycles. The van der Waals surface area contributed by atoms with E-state index in [0.717, 1.165) is 61.0 Å². The van der Waals surface area contributed by atoms with Crippen molar-refractivity contribution in [3.8, 4) is 5.75 Å². The second-order valence-electron chi connectivity index (χ2n) is 7.52. The van der Waals surface area contributed by atoms with E-state index < -0.39 is 41.6 Å². The maximum atomic E-state index is 11.9. The molecule has 12 nitrogen and oxygen atoms in total. The molecule has 1 atom stereocenters. The Balaban J connectivity index is -0.000000706. The molecule has 1 amide bonds. The number of nitrogens with one attached hydrogen (secondary N) is 1. The van der Waals surface area contributed by atoms with Crippen LogP contribution >= 0.6 is 0 Å². The van der Waals surface area contributed by atoms with Crippen LogP contribution in [0.15, 0.2) is 18.2 Å². The zero-order valence-electron chi connectivity index (χ0n) is 21.1. The molecule has 0 aliphatic carbocycles. The third-order valence-electron chi connectivity index (χ3n) is 2.88. The molecule has 0 aliphatic rings. The SMILES string of the molecule is CC(=O)O.CC(=O)O.CC(=O)O.COC(=O)[C@H](Cc1ccc(OC)[c]([Pb])c1)NC(=O)OC(C)(C)C. The van der Waals surface area contributed by atoms with Crippen LogP contribution in [0.2, 0.25) is 0 Å².